The quantitative estimate of drug-likeness (QED) is 0.282. The number of rotatable bonds is 8. The van der Waals surface area contributed by atoms with Crippen LogP contribution in [-0.2, 0) is 21.4 Å². The van der Waals surface area contributed by atoms with Crippen LogP contribution >= 0.6 is 11.3 Å². The average molecular weight is 639 g/mol. The SMILES string of the molecule is CS(=O)(=O)NC(=O)CCn1ccc2cccc(C(=O)N3CC[C@H](CN4CCC(c5ccc(F)cc5)CC4)C3)c21.c1ccsc1. The van der Waals surface area contributed by atoms with E-state index in [1.807, 2.05) is 79.7 Å². The Morgan fingerprint density at radius 2 is 1.68 bits per heavy atom. The summed E-state index contributed by atoms with van der Waals surface area (Å²) < 4.78 is 39.8. The molecule has 2 saturated heterocycles. The van der Waals surface area contributed by atoms with E-state index in [1.54, 1.807) is 23.5 Å². The summed E-state index contributed by atoms with van der Waals surface area (Å²) in [6, 6.07) is 18.5. The largest absolute Gasteiger partial charge is 0.346 e. The lowest BCUT2D eigenvalue weighted by Gasteiger charge is -2.33. The van der Waals surface area contributed by atoms with Gasteiger partial charge in [-0.1, -0.05) is 36.4 Å². The van der Waals surface area contributed by atoms with Gasteiger partial charge in [0, 0.05) is 44.2 Å². The molecule has 6 rings (SSSR count). The third-order valence-electron chi connectivity index (χ3n) is 8.34. The molecular formula is C33H39FN4O4S2. The van der Waals surface area contributed by atoms with Crippen molar-refractivity contribution in [2.75, 3.05) is 39.0 Å². The Hall–Kier alpha value is -3.54. The minimum Gasteiger partial charge on any atom is -0.346 e. The summed E-state index contributed by atoms with van der Waals surface area (Å²) >= 11 is 1.71. The van der Waals surface area contributed by atoms with Crippen LogP contribution in [0.4, 0.5) is 4.39 Å². The van der Waals surface area contributed by atoms with Gasteiger partial charge in [0.25, 0.3) is 5.91 Å². The number of fused-ring (bicyclic) bond motifs is 1. The zero-order chi connectivity index (χ0) is 31.1. The van der Waals surface area contributed by atoms with Gasteiger partial charge in [0.15, 0.2) is 0 Å². The number of hydrogen-bond acceptors (Lipinski definition) is 6. The van der Waals surface area contributed by atoms with Crippen LogP contribution in [0.2, 0.25) is 0 Å². The standard InChI is InChI=1S/C29H35FN4O4S.C4H4S/c1-39(37,38)31-27(35)13-18-33-17-12-24-3-2-4-26(28(24)33)29(36)34-16-9-21(20-34)19-32-14-10-23(11-15-32)22-5-7-25(30)8-6-22;1-2-4-5-3-1/h2-8,12,17,21,23H,9-11,13-16,18-20H2,1H3,(H,31,35);1-4H/t21-;/m1./s1. The average Bonchev–Trinajstić information content (AvgIpc) is 3.79. The summed E-state index contributed by atoms with van der Waals surface area (Å²) in [6.45, 7) is 4.67. The fourth-order valence-corrected chi connectivity index (χ4v) is 7.18. The first-order chi connectivity index (χ1) is 21.2. The molecule has 0 bridgehead atoms. The van der Waals surface area contributed by atoms with Crippen LogP contribution in [-0.4, -0.2) is 73.6 Å². The number of para-hydroxylation sites is 1. The molecule has 4 heterocycles. The molecule has 234 valence electrons. The van der Waals surface area contributed by atoms with Gasteiger partial charge in [-0.3, -0.25) is 14.3 Å². The number of benzene rings is 2. The van der Waals surface area contributed by atoms with E-state index in [1.165, 1.54) is 5.56 Å². The Morgan fingerprint density at radius 1 is 0.955 bits per heavy atom. The molecule has 8 nitrogen and oxygen atoms in total. The molecule has 44 heavy (non-hydrogen) atoms. The third-order valence-corrected chi connectivity index (χ3v) is 9.57. The van der Waals surface area contributed by atoms with Gasteiger partial charge < -0.3 is 14.4 Å². The fraction of sp³-hybridized carbons (Fsp3) is 0.394. The number of nitrogens with zero attached hydrogens (tertiary/aromatic N) is 3. The van der Waals surface area contributed by atoms with E-state index in [-0.39, 0.29) is 24.7 Å². The predicted octanol–water partition coefficient (Wildman–Crippen LogP) is 5.34. The summed E-state index contributed by atoms with van der Waals surface area (Å²) in [5.74, 6) is 0.100. The number of likely N-dealkylation sites (tertiary alicyclic amines) is 2. The summed E-state index contributed by atoms with van der Waals surface area (Å²) in [7, 11) is -3.61. The van der Waals surface area contributed by atoms with Crippen LogP contribution < -0.4 is 4.72 Å². The van der Waals surface area contributed by atoms with Crippen molar-refractivity contribution in [3.63, 3.8) is 0 Å². The molecule has 1 atom stereocenters. The van der Waals surface area contributed by atoms with Crippen LogP contribution in [0.5, 0.6) is 0 Å². The molecule has 4 aromatic rings. The highest BCUT2D eigenvalue weighted by atomic mass is 32.2. The predicted molar refractivity (Wildman–Crippen MR) is 173 cm³/mol. The number of piperidine rings is 1. The van der Waals surface area contributed by atoms with Crippen molar-refractivity contribution in [1.29, 1.82) is 0 Å². The van der Waals surface area contributed by atoms with Crippen molar-refractivity contribution in [2.24, 2.45) is 5.92 Å². The third kappa shape index (κ3) is 8.55. The minimum atomic E-state index is -3.61. The van der Waals surface area contributed by atoms with Gasteiger partial charge in [0.05, 0.1) is 17.3 Å². The molecule has 1 N–H and O–H groups in total. The highest BCUT2D eigenvalue weighted by Crippen LogP contribution is 2.30. The highest BCUT2D eigenvalue weighted by Gasteiger charge is 2.31. The number of halogens is 1. The number of aromatic nitrogens is 1. The molecule has 0 aliphatic carbocycles. The summed E-state index contributed by atoms with van der Waals surface area (Å²) in [5, 5.41) is 4.99. The lowest BCUT2D eigenvalue weighted by molar-refractivity contribution is -0.119. The van der Waals surface area contributed by atoms with Gasteiger partial charge in [0.2, 0.25) is 15.9 Å². The normalized spacial score (nSPS) is 17.8. The first kappa shape index (κ1) is 31.9. The Bertz CT molecular complexity index is 1630. The van der Waals surface area contributed by atoms with Crippen molar-refractivity contribution in [1.82, 2.24) is 19.1 Å². The Kier molecular flexibility index (Phi) is 10.5. The van der Waals surface area contributed by atoms with E-state index in [2.05, 4.69) is 4.90 Å². The molecule has 0 spiro atoms. The number of hydrogen-bond donors (Lipinski definition) is 1. The van der Waals surface area contributed by atoms with Gasteiger partial charge in [-0.25, -0.2) is 12.8 Å². The molecule has 2 aromatic carbocycles. The lowest BCUT2D eigenvalue weighted by Crippen LogP contribution is -2.38. The second kappa shape index (κ2) is 14.5. The van der Waals surface area contributed by atoms with E-state index in [0.717, 1.165) is 56.1 Å². The first-order valence-electron chi connectivity index (χ1n) is 15.0. The molecule has 2 aromatic heterocycles. The second-order valence-electron chi connectivity index (χ2n) is 11.6. The molecule has 0 radical (unpaired) electrons. The molecule has 2 fully saturated rings. The van der Waals surface area contributed by atoms with E-state index >= 15 is 0 Å². The number of nitrogens with one attached hydrogen (secondary N) is 1. The summed E-state index contributed by atoms with van der Waals surface area (Å²) in [6.07, 6.45) is 5.85. The number of thiophene rings is 1. The number of carbonyl (C=O) groups is 2. The number of sulfonamides is 1. The monoisotopic (exact) mass is 638 g/mol. The fourth-order valence-electron chi connectivity index (χ4n) is 6.21. The molecule has 0 unspecified atom stereocenters. The van der Waals surface area contributed by atoms with Gasteiger partial charge in [0.1, 0.15) is 5.82 Å². The molecular weight excluding hydrogens is 600 g/mol. The maximum atomic E-state index is 13.6. The minimum absolute atomic E-state index is 0.0109. The van der Waals surface area contributed by atoms with Crippen molar-refractivity contribution in [3.05, 3.63) is 94.6 Å². The summed E-state index contributed by atoms with van der Waals surface area (Å²) in [5.41, 5.74) is 2.58. The Balaban J connectivity index is 0.000000698. The van der Waals surface area contributed by atoms with Crippen molar-refractivity contribution >= 4 is 44.1 Å². The van der Waals surface area contributed by atoms with Gasteiger partial charge in [-0.05, 0) is 84.8 Å². The molecule has 0 saturated carbocycles. The number of aryl methyl sites for hydroxylation is 1. The first-order valence-corrected chi connectivity index (χ1v) is 17.8. The van der Waals surface area contributed by atoms with Gasteiger partial charge in [-0.15, -0.1) is 0 Å². The zero-order valence-corrected chi connectivity index (χ0v) is 26.5. The number of carbonyl (C=O) groups excluding carboxylic acids is 2. The van der Waals surface area contributed by atoms with Crippen LogP contribution in [0.25, 0.3) is 10.9 Å². The van der Waals surface area contributed by atoms with E-state index in [4.69, 9.17) is 0 Å². The lowest BCUT2D eigenvalue weighted by atomic mass is 9.89. The molecule has 2 aliphatic heterocycles. The maximum absolute atomic E-state index is 13.6. The van der Waals surface area contributed by atoms with Gasteiger partial charge in [-0.2, -0.15) is 11.3 Å². The van der Waals surface area contributed by atoms with Crippen molar-refractivity contribution < 1.29 is 22.4 Å². The second-order valence-corrected chi connectivity index (χ2v) is 14.2. The summed E-state index contributed by atoms with van der Waals surface area (Å²) in [4.78, 5) is 30.1. The molecule has 11 heteroatoms. The van der Waals surface area contributed by atoms with Crippen molar-refractivity contribution in [3.8, 4) is 0 Å². The van der Waals surface area contributed by atoms with E-state index in [0.29, 0.717) is 30.5 Å². The highest BCUT2D eigenvalue weighted by molar-refractivity contribution is 7.89. The van der Waals surface area contributed by atoms with Crippen LogP contribution in [0.15, 0.2) is 77.6 Å². The Labute approximate surface area is 262 Å². The molecule has 2 amide bonds. The Morgan fingerprint density at radius 3 is 2.34 bits per heavy atom. The number of amides is 2. The van der Waals surface area contributed by atoms with E-state index in [9.17, 15) is 22.4 Å². The topological polar surface area (TPSA) is 91.7 Å². The van der Waals surface area contributed by atoms with Crippen LogP contribution in [0.3, 0.4) is 0 Å². The zero-order valence-electron chi connectivity index (χ0n) is 24.9. The van der Waals surface area contributed by atoms with Crippen molar-refractivity contribution in [2.45, 2.75) is 38.1 Å². The smallest absolute Gasteiger partial charge is 0.256 e. The van der Waals surface area contributed by atoms with Crippen LogP contribution in [0.1, 0.15) is 47.5 Å². The molecule has 2 aliphatic rings. The van der Waals surface area contributed by atoms with Gasteiger partial charge >= 0.3 is 0 Å². The van der Waals surface area contributed by atoms with Crippen LogP contribution in [0, 0.1) is 11.7 Å². The maximum Gasteiger partial charge on any atom is 0.256 e. The van der Waals surface area contributed by atoms with E-state index < -0.39 is 15.9 Å².